The molecular weight excluding hydrogens is 982 g/mol. The highest BCUT2D eigenvalue weighted by Gasteiger charge is 2.51. The van der Waals surface area contributed by atoms with Gasteiger partial charge in [-0.05, 0) is 81.5 Å². The van der Waals surface area contributed by atoms with Crippen LogP contribution in [0.15, 0.2) is 101 Å². The lowest BCUT2D eigenvalue weighted by Crippen LogP contribution is -2.43. The van der Waals surface area contributed by atoms with Crippen LogP contribution in [0.2, 0.25) is 0 Å². The first kappa shape index (κ1) is 61.9. The fourth-order valence-electron chi connectivity index (χ4n) is 9.94. The summed E-state index contributed by atoms with van der Waals surface area (Å²) < 4.78 is 49.4. The van der Waals surface area contributed by atoms with Crippen LogP contribution in [0.1, 0.15) is 173 Å². The molecule has 1 unspecified atom stereocenters. The van der Waals surface area contributed by atoms with Crippen LogP contribution in [0.4, 0.5) is 0 Å². The molecule has 2 N–H and O–H groups in total. The average Bonchev–Trinajstić information content (AvgIpc) is 3.76. The Balaban J connectivity index is 1.36. The number of nitriles is 1. The van der Waals surface area contributed by atoms with Gasteiger partial charge >= 0.3 is 5.69 Å². The van der Waals surface area contributed by atoms with E-state index in [0.717, 1.165) is 36.0 Å². The molecule has 4 aromatic rings. The van der Waals surface area contributed by atoms with Crippen LogP contribution in [0.5, 0.6) is 11.5 Å². The number of methoxy groups -OCH3 is 2. The molecule has 1 saturated heterocycles. The first-order chi connectivity index (χ1) is 37.0. The Morgan fingerprint density at radius 2 is 1.28 bits per heavy atom. The van der Waals surface area contributed by atoms with Crippen molar-refractivity contribution in [3.05, 3.63) is 129 Å². The molecule has 1 amide bonds. The van der Waals surface area contributed by atoms with E-state index in [0.29, 0.717) is 30.9 Å². The van der Waals surface area contributed by atoms with E-state index in [-0.39, 0.29) is 44.2 Å². The van der Waals surface area contributed by atoms with Gasteiger partial charge in [0, 0.05) is 43.9 Å². The van der Waals surface area contributed by atoms with Crippen LogP contribution in [0, 0.1) is 11.3 Å². The van der Waals surface area contributed by atoms with E-state index < -0.39 is 49.9 Å². The van der Waals surface area contributed by atoms with E-state index >= 15 is 0 Å². The number of carbonyl (C=O) groups excluding carboxylic acids is 1. The van der Waals surface area contributed by atoms with Crippen molar-refractivity contribution in [1.82, 2.24) is 19.5 Å². The van der Waals surface area contributed by atoms with Gasteiger partial charge in [-0.2, -0.15) is 5.26 Å². The first-order valence-electron chi connectivity index (χ1n) is 28.1. The number of aromatic amines is 1. The standard InChI is InChI=1S/C60H88N5O10P/c1-8-9-10-11-12-13-14-15-16-17-18-19-20-21-25-30-54(66)62-41-27-43-71-57-56(75-76(73-44-26-40-61)65(46(2)3)47(4)5)53(74-58(57)64-42-39-55(67)63-59(64)68)45-72-60(48-28-23-22-24-29-48,49-31-35-51(69-6)36-32-49)50-33-37-52(70-7)38-34-50/h22-24,28-29,31-39,42,46-47,53,56-58H,8-21,25-27,30,41,43-45H2,1-7H3,(H,62,66)(H,63,67,68)/t53-,56-,57-,58-,76?/m1/s1. The van der Waals surface area contributed by atoms with E-state index in [9.17, 15) is 19.6 Å². The van der Waals surface area contributed by atoms with E-state index in [1.165, 1.54) is 93.9 Å². The summed E-state index contributed by atoms with van der Waals surface area (Å²) in [4.78, 5) is 41.6. The number of nitrogens with zero attached hydrogens (tertiary/aromatic N) is 3. The van der Waals surface area contributed by atoms with Gasteiger partial charge in [0.2, 0.25) is 5.91 Å². The number of nitrogens with one attached hydrogen (secondary N) is 2. The average molecular weight is 1070 g/mol. The number of benzene rings is 3. The molecule has 0 radical (unpaired) electrons. The van der Waals surface area contributed by atoms with Crippen LogP contribution >= 0.6 is 8.53 Å². The first-order valence-corrected chi connectivity index (χ1v) is 29.2. The molecule has 1 aliphatic heterocycles. The molecule has 418 valence electrons. The summed E-state index contributed by atoms with van der Waals surface area (Å²) in [5, 5.41) is 12.6. The fraction of sp³-hybridized carbons (Fsp3) is 0.600. The number of amides is 1. The van der Waals surface area contributed by atoms with E-state index in [2.05, 4.69) is 55.7 Å². The Morgan fingerprint density at radius 1 is 0.737 bits per heavy atom. The summed E-state index contributed by atoms with van der Waals surface area (Å²) in [6.07, 6.45) is 17.6. The molecule has 3 aromatic carbocycles. The van der Waals surface area contributed by atoms with Gasteiger partial charge in [-0.3, -0.25) is 19.1 Å². The maximum absolute atomic E-state index is 13.7. The van der Waals surface area contributed by atoms with Crippen molar-refractivity contribution in [3.8, 4) is 17.6 Å². The lowest BCUT2D eigenvalue weighted by Gasteiger charge is -2.39. The molecule has 0 saturated carbocycles. The Hall–Kier alpha value is -4.91. The molecule has 76 heavy (non-hydrogen) atoms. The van der Waals surface area contributed by atoms with Gasteiger partial charge in [-0.15, -0.1) is 0 Å². The van der Waals surface area contributed by atoms with Crippen molar-refractivity contribution in [2.45, 2.75) is 192 Å². The number of ether oxygens (including phenoxy) is 5. The van der Waals surface area contributed by atoms with E-state index in [1.54, 1.807) is 14.2 Å². The zero-order chi connectivity index (χ0) is 54.5. The van der Waals surface area contributed by atoms with E-state index in [1.807, 2.05) is 78.9 Å². The van der Waals surface area contributed by atoms with Crippen molar-refractivity contribution < 1.29 is 37.5 Å². The second-order valence-electron chi connectivity index (χ2n) is 20.3. The van der Waals surface area contributed by atoms with Crippen molar-refractivity contribution in [1.29, 1.82) is 5.26 Å². The summed E-state index contributed by atoms with van der Waals surface area (Å²) in [6.45, 7) is 11.1. The molecule has 5 rings (SSSR count). The number of carbonyl (C=O) groups is 1. The lowest BCUT2D eigenvalue weighted by atomic mass is 9.80. The maximum atomic E-state index is 13.7. The minimum Gasteiger partial charge on any atom is -0.497 e. The third-order valence-electron chi connectivity index (χ3n) is 13.9. The molecule has 1 fully saturated rings. The Morgan fingerprint density at radius 3 is 1.79 bits per heavy atom. The third-order valence-corrected chi connectivity index (χ3v) is 16.0. The van der Waals surface area contributed by atoms with Gasteiger partial charge in [-0.25, -0.2) is 9.46 Å². The number of hydrogen-bond acceptors (Lipinski definition) is 12. The normalized spacial score (nSPS) is 17.1. The number of unbranched alkanes of at least 4 members (excludes halogenated alkanes) is 14. The lowest BCUT2D eigenvalue weighted by molar-refractivity contribution is -0.121. The fourth-order valence-corrected chi connectivity index (χ4v) is 11.7. The summed E-state index contributed by atoms with van der Waals surface area (Å²) in [6, 6.07) is 28.7. The quantitative estimate of drug-likeness (QED) is 0.0247. The van der Waals surface area contributed by atoms with Gasteiger partial charge in [-0.1, -0.05) is 151 Å². The molecule has 0 spiro atoms. The molecule has 16 heteroatoms. The zero-order valence-electron chi connectivity index (χ0n) is 46.6. The summed E-state index contributed by atoms with van der Waals surface area (Å²) in [5.74, 6) is 1.35. The van der Waals surface area contributed by atoms with Gasteiger partial charge in [0.1, 0.15) is 35.4 Å². The van der Waals surface area contributed by atoms with Crippen molar-refractivity contribution in [2.24, 2.45) is 0 Å². The van der Waals surface area contributed by atoms with Crippen LogP contribution in [-0.2, 0) is 33.7 Å². The molecule has 15 nitrogen and oxygen atoms in total. The molecular formula is C60H88N5O10P. The minimum absolute atomic E-state index is 0.00762. The number of hydrogen-bond donors (Lipinski definition) is 2. The predicted octanol–water partition coefficient (Wildman–Crippen LogP) is 12.3. The van der Waals surface area contributed by atoms with Crippen molar-refractivity contribution in [3.63, 3.8) is 0 Å². The van der Waals surface area contributed by atoms with Gasteiger partial charge in [0.25, 0.3) is 14.1 Å². The third kappa shape index (κ3) is 18.9. The van der Waals surface area contributed by atoms with Crippen molar-refractivity contribution in [2.75, 3.05) is 40.6 Å². The SMILES string of the molecule is CCCCCCCCCCCCCCCCCC(=O)NCCCO[C@@H]1[C@H](OP(OCCC#N)N(C(C)C)C(C)C)[C@@H](COC(c2ccccc2)(c2ccc(OC)cc2)c2ccc(OC)cc2)O[C@H]1n1ccc(=O)[nH]c1=O. The van der Waals surface area contributed by atoms with Crippen molar-refractivity contribution >= 4 is 14.4 Å². The number of rotatable bonds is 38. The molecule has 0 aliphatic carbocycles. The minimum atomic E-state index is -1.87. The summed E-state index contributed by atoms with van der Waals surface area (Å²) in [5.41, 5.74) is -0.0540. The highest BCUT2D eigenvalue weighted by atomic mass is 31.2. The number of H-pyrrole nitrogens is 1. The van der Waals surface area contributed by atoms with Crippen LogP contribution in [0.25, 0.3) is 0 Å². The van der Waals surface area contributed by atoms with Crippen LogP contribution in [0.3, 0.4) is 0 Å². The Labute approximate surface area is 454 Å². The van der Waals surface area contributed by atoms with E-state index in [4.69, 9.17) is 32.7 Å². The molecule has 5 atom stereocenters. The largest absolute Gasteiger partial charge is 0.497 e. The number of aromatic nitrogens is 2. The molecule has 0 bridgehead atoms. The second kappa shape index (κ2) is 34.1. The Kier molecular flexibility index (Phi) is 27.8. The smallest absolute Gasteiger partial charge is 0.330 e. The van der Waals surface area contributed by atoms with Gasteiger partial charge in [0.05, 0.1) is 39.9 Å². The Bertz CT molecular complexity index is 2340. The van der Waals surface area contributed by atoms with Gasteiger partial charge in [0.15, 0.2) is 6.23 Å². The maximum Gasteiger partial charge on any atom is 0.330 e. The van der Waals surface area contributed by atoms with Crippen LogP contribution < -0.4 is 26.0 Å². The highest BCUT2D eigenvalue weighted by Crippen LogP contribution is 2.51. The highest BCUT2D eigenvalue weighted by molar-refractivity contribution is 7.44. The molecule has 1 aromatic heterocycles. The summed E-state index contributed by atoms with van der Waals surface area (Å²) >= 11 is 0. The monoisotopic (exact) mass is 1070 g/mol. The second-order valence-corrected chi connectivity index (χ2v) is 21.7. The summed E-state index contributed by atoms with van der Waals surface area (Å²) in [7, 11) is 1.37. The van der Waals surface area contributed by atoms with Crippen LogP contribution in [-0.4, -0.2) is 91.1 Å². The van der Waals surface area contributed by atoms with Gasteiger partial charge < -0.3 is 38.0 Å². The zero-order valence-corrected chi connectivity index (χ0v) is 47.4. The predicted molar refractivity (Wildman–Crippen MR) is 300 cm³/mol. The topological polar surface area (TPSA) is 176 Å². The molecule has 1 aliphatic rings. The molecule has 2 heterocycles.